The molecule has 0 aromatic heterocycles. The highest BCUT2D eigenvalue weighted by molar-refractivity contribution is 5.50. The molecule has 1 N–H and O–H groups in total. The summed E-state index contributed by atoms with van der Waals surface area (Å²) in [6.45, 7) is -0.137. The second-order valence-electron chi connectivity index (χ2n) is 5.69. The van der Waals surface area contributed by atoms with Crippen LogP contribution in [-0.2, 0) is 0 Å². The minimum Gasteiger partial charge on any atom is -0.379 e. The average Bonchev–Trinajstić information content (AvgIpc) is 2.52. The lowest BCUT2D eigenvalue weighted by Gasteiger charge is -2.41. The normalized spacial score (nSPS) is 17.2. The fourth-order valence-electron chi connectivity index (χ4n) is 1.82. The van der Waals surface area contributed by atoms with Crippen LogP contribution in [0.15, 0.2) is 36.4 Å². The highest BCUT2D eigenvalue weighted by Crippen LogP contribution is 2.59. The van der Waals surface area contributed by atoms with Crippen LogP contribution in [0.5, 0.6) is 0 Å². The van der Waals surface area contributed by atoms with Crippen LogP contribution < -0.4 is 0 Å². The van der Waals surface area contributed by atoms with E-state index in [0.717, 1.165) is 0 Å². The van der Waals surface area contributed by atoms with Crippen molar-refractivity contribution in [2.75, 3.05) is 0 Å². The minimum absolute atomic E-state index is 0.0178. The van der Waals surface area contributed by atoms with E-state index in [1.165, 1.54) is 30.3 Å². The molecule has 0 saturated heterocycles. The topological polar surface area (TPSA) is 20.2 Å². The van der Waals surface area contributed by atoms with E-state index >= 15 is 0 Å². The summed E-state index contributed by atoms with van der Waals surface area (Å²) in [6.07, 6.45) is -6.79. The second-order valence-corrected chi connectivity index (χ2v) is 5.69. The Hall–Kier alpha value is -1.85. The maximum atomic E-state index is 13.9. The number of rotatable bonds is 6. The molecule has 12 heteroatoms. The van der Waals surface area contributed by atoms with Gasteiger partial charge >= 0.3 is 29.9 Å². The van der Waals surface area contributed by atoms with Crippen molar-refractivity contribution >= 4 is 6.08 Å². The van der Waals surface area contributed by atoms with E-state index < -0.39 is 35.5 Å². The first-order valence-corrected chi connectivity index (χ1v) is 6.87. The predicted octanol–water partition coefficient (Wildman–Crippen LogP) is 5.55. The molecule has 1 unspecified atom stereocenters. The van der Waals surface area contributed by atoms with Gasteiger partial charge in [0.2, 0.25) is 0 Å². The molecule has 0 aliphatic heterocycles. The maximum absolute atomic E-state index is 13.9. The fourth-order valence-corrected chi connectivity index (χ4v) is 1.82. The maximum Gasteiger partial charge on any atom is 0.460 e. The molecule has 1 aromatic carbocycles. The first-order valence-electron chi connectivity index (χ1n) is 6.87. The van der Waals surface area contributed by atoms with E-state index in [0.29, 0.717) is 6.08 Å². The van der Waals surface area contributed by atoms with Crippen LogP contribution in [0.1, 0.15) is 12.5 Å². The summed E-state index contributed by atoms with van der Waals surface area (Å²) in [4.78, 5) is 0. The van der Waals surface area contributed by atoms with E-state index in [9.17, 15) is 53.4 Å². The van der Waals surface area contributed by atoms with E-state index in [4.69, 9.17) is 0 Å². The van der Waals surface area contributed by atoms with Gasteiger partial charge in [-0.2, -0.15) is 48.3 Å². The summed E-state index contributed by atoms with van der Waals surface area (Å²) in [5.74, 6) is -28.7. The van der Waals surface area contributed by atoms with Crippen LogP contribution in [0, 0.1) is 0 Å². The summed E-state index contributed by atoms with van der Waals surface area (Å²) < 4.78 is 143. The molecule has 1 nitrogen and oxygen atoms in total. The molecule has 27 heavy (non-hydrogen) atoms. The van der Waals surface area contributed by atoms with Crippen molar-refractivity contribution in [1.29, 1.82) is 0 Å². The first-order chi connectivity index (χ1) is 11.8. The molecule has 0 aliphatic rings. The van der Waals surface area contributed by atoms with Crippen LogP contribution in [0.25, 0.3) is 6.08 Å². The van der Waals surface area contributed by atoms with E-state index in [-0.39, 0.29) is 18.6 Å². The van der Waals surface area contributed by atoms with Crippen LogP contribution >= 0.6 is 0 Å². The zero-order valence-corrected chi connectivity index (χ0v) is 13.1. The molecule has 0 radical (unpaired) electrons. The Morgan fingerprint density at radius 1 is 0.667 bits per heavy atom. The van der Waals surface area contributed by atoms with Gasteiger partial charge in [-0.05, 0) is 18.6 Å². The zero-order chi connectivity index (χ0) is 21.5. The molecule has 0 aliphatic carbocycles. The average molecular weight is 416 g/mol. The van der Waals surface area contributed by atoms with Gasteiger partial charge < -0.3 is 5.11 Å². The number of halogens is 11. The van der Waals surface area contributed by atoms with E-state index in [1.807, 2.05) is 0 Å². The Kier molecular flexibility index (Phi) is 5.70. The number of hydrogen-bond acceptors (Lipinski definition) is 1. The summed E-state index contributed by atoms with van der Waals surface area (Å²) >= 11 is 0. The quantitative estimate of drug-likeness (QED) is 0.603. The summed E-state index contributed by atoms with van der Waals surface area (Å²) in [5, 5.41) is 9.49. The summed E-state index contributed by atoms with van der Waals surface area (Å²) in [6, 6.07) is 6.58. The molecule has 0 spiro atoms. The first kappa shape index (κ1) is 23.2. The lowest BCUT2D eigenvalue weighted by molar-refractivity contribution is -0.432. The molecule has 1 aromatic rings. The molecule has 0 bridgehead atoms. The van der Waals surface area contributed by atoms with E-state index in [2.05, 4.69) is 0 Å². The molecular weight excluding hydrogens is 405 g/mol. The SMILES string of the molecule is CC(O)(C=Cc1ccccc1)C(F)(F)C(F)(F)C(F)(F)C(F)(F)C(F)(F)F. The third kappa shape index (κ3) is 3.63. The molecule has 0 fully saturated rings. The van der Waals surface area contributed by atoms with Crippen molar-refractivity contribution in [2.45, 2.75) is 42.4 Å². The monoisotopic (exact) mass is 416 g/mol. The van der Waals surface area contributed by atoms with Gasteiger partial charge in [0.15, 0.2) is 5.60 Å². The molecule has 0 saturated carbocycles. The van der Waals surface area contributed by atoms with Crippen molar-refractivity contribution in [1.82, 2.24) is 0 Å². The predicted molar refractivity (Wildman–Crippen MR) is 71.9 cm³/mol. The third-order valence-corrected chi connectivity index (χ3v) is 3.57. The standard InChI is InChI=1S/C15H11F11O/c1-10(27,8-7-9-5-3-2-4-6-9)11(16,17)12(18,19)13(20,21)14(22,23)15(24,25)26/h2-8,27H,1H3. The lowest BCUT2D eigenvalue weighted by Crippen LogP contribution is -2.70. The van der Waals surface area contributed by atoms with Gasteiger partial charge in [0, 0.05) is 0 Å². The van der Waals surface area contributed by atoms with Gasteiger partial charge in [-0.1, -0.05) is 36.4 Å². The minimum atomic E-state index is -7.56. The molecule has 1 rings (SSSR count). The van der Waals surface area contributed by atoms with Crippen LogP contribution in [0.4, 0.5) is 48.3 Å². The van der Waals surface area contributed by atoms with Gasteiger partial charge in [-0.3, -0.25) is 0 Å². The Balaban J connectivity index is 3.39. The van der Waals surface area contributed by atoms with Crippen molar-refractivity contribution in [2.24, 2.45) is 0 Å². The Bertz CT molecular complexity index is 675. The number of benzene rings is 1. The fraction of sp³-hybridized carbons (Fsp3) is 0.467. The van der Waals surface area contributed by atoms with Crippen LogP contribution in [0.2, 0.25) is 0 Å². The highest BCUT2D eigenvalue weighted by Gasteiger charge is 2.89. The third-order valence-electron chi connectivity index (χ3n) is 3.57. The Morgan fingerprint density at radius 3 is 1.48 bits per heavy atom. The highest BCUT2D eigenvalue weighted by atomic mass is 19.4. The lowest BCUT2D eigenvalue weighted by atomic mass is 9.86. The van der Waals surface area contributed by atoms with Crippen molar-refractivity contribution in [3.63, 3.8) is 0 Å². The zero-order valence-electron chi connectivity index (χ0n) is 13.1. The molecule has 0 amide bonds. The van der Waals surface area contributed by atoms with Crippen molar-refractivity contribution < 1.29 is 53.4 Å². The molecule has 1 atom stereocenters. The van der Waals surface area contributed by atoms with Gasteiger partial charge in [-0.15, -0.1) is 0 Å². The van der Waals surface area contributed by atoms with Crippen LogP contribution in [-0.4, -0.2) is 40.6 Å². The van der Waals surface area contributed by atoms with Crippen LogP contribution in [0.3, 0.4) is 0 Å². The number of aliphatic hydroxyl groups is 1. The molecule has 154 valence electrons. The Labute approximate surface area is 145 Å². The van der Waals surface area contributed by atoms with Crippen molar-refractivity contribution in [3.05, 3.63) is 42.0 Å². The van der Waals surface area contributed by atoms with Gasteiger partial charge in [0.25, 0.3) is 0 Å². The number of hydrogen-bond donors (Lipinski definition) is 1. The Morgan fingerprint density at radius 2 is 1.07 bits per heavy atom. The molecular formula is C15H11F11O. The second kappa shape index (κ2) is 6.64. The largest absolute Gasteiger partial charge is 0.460 e. The van der Waals surface area contributed by atoms with Gasteiger partial charge in [-0.25, -0.2) is 0 Å². The van der Waals surface area contributed by atoms with Crippen molar-refractivity contribution in [3.8, 4) is 0 Å². The summed E-state index contributed by atoms with van der Waals surface area (Å²) in [5.41, 5.74) is -4.19. The van der Waals surface area contributed by atoms with Gasteiger partial charge in [0.1, 0.15) is 0 Å². The summed E-state index contributed by atoms with van der Waals surface area (Å²) in [7, 11) is 0. The van der Waals surface area contributed by atoms with E-state index in [1.54, 1.807) is 0 Å². The molecule has 0 heterocycles. The van der Waals surface area contributed by atoms with Gasteiger partial charge in [0.05, 0.1) is 0 Å². The number of alkyl halides is 11. The smallest absolute Gasteiger partial charge is 0.379 e.